The second-order valence-corrected chi connectivity index (χ2v) is 4.97. The van der Waals surface area contributed by atoms with Crippen LogP contribution in [0.1, 0.15) is 5.56 Å². The number of fused-ring (bicyclic) bond motifs is 1. The van der Waals surface area contributed by atoms with Crippen LogP contribution in [0.15, 0.2) is 39.5 Å². The molecule has 20 heavy (non-hydrogen) atoms. The first-order chi connectivity index (χ1) is 9.52. The molecule has 0 radical (unpaired) electrons. The molecule has 3 rings (SSSR count). The van der Waals surface area contributed by atoms with Gasteiger partial charge in [0.15, 0.2) is 5.58 Å². The van der Waals surface area contributed by atoms with Gasteiger partial charge >= 0.3 is 5.76 Å². The molecule has 5 nitrogen and oxygen atoms in total. The first kappa shape index (κ1) is 12.6. The van der Waals surface area contributed by atoms with Crippen LogP contribution in [0.25, 0.3) is 11.1 Å². The summed E-state index contributed by atoms with van der Waals surface area (Å²) in [6.45, 7) is 1.97. The monoisotopic (exact) mass is 289 g/mol. The first-order valence-corrected chi connectivity index (χ1v) is 6.36. The van der Waals surface area contributed by atoms with Crippen LogP contribution < -0.4 is 16.8 Å². The van der Waals surface area contributed by atoms with Gasteiger partial charge in [0.1, 0.15) is 0 Å². The van der Waals surface area contributed by atoms with Gasteiger partial charge in [0, 0.05) is 16.8 Å². The van der Waals surface area contributed by atoms with E-state index in [2.05, 4.69) is 10.3 Å². The number of H-pyrrole nitrogens is 1. The molecule has 0 fully saturated rings. The summed E-state index contributed by atoms with van der Waals surface area (Å²) in [4.78, 5) is 13.8. The lowest BCUT2D eigenvalue weighted by molar-refractivity contribution is 0.555. The molecule has 0 bridgehead atoms. The van der Waals surface area contributed by atoms with Crippen molar-refractivity contribution in [1.82, 2.24) is 4.98 Å². The highest BCUT2D eigenvalue weighted by molar-refractivity contribution is 6.30. The fourth-order valence-electron chi connectivity index (χ4n) is 2.00. The maximum Gasteiger partial charge on any atom is 0.417 e. The van der Waals surface area contributed by atoms with Gasteiger partial charge in [0.05, 0.1) is 16.9 Å². The van der Waals surface area contributed by atoms with Crippen LogP contribution in [0.2, 0.25) is 5.02 Å². The predicted molar refractivity (Wildman–Crippen MR) is 80.7 cm³/mol. The highest BCUT2D eigenvalue weighted by Gasteiger charge is 2.08. The molecule has 0 saturated heterocycles. The maximum atomic E-state index is 11.2. The fraction of sp³-hybridized carbons (Fsp3) is 0.0714. The van der Waals surface area contributed by atoms with Crippen LogP contribution in [0.5, 0.6) is 0 Å². The highest BCUT2D eigenvalue weighted by atomic mass is 35.5. The van der Waals surface area contributed by atoms with E-state index < -0.39 is 5.76 Å². The second-order valence-electron chi connectivity index (χ2n) is 4.53. The van der Waals surface area contributed by atoms with Gasteiger partial charge in [-0.15, -0.1) is 0 Å². The molecule has 1 heterocycles. The molecule has 2 aromatic carbocycles. The minimum absolute atomic E-state index is 0.431. The van der Waals surface area contributed by atoms with E-state index in [1.54, 1.807) is 12.1 Å². The number of aryl methyl sites for hydroxylation is 1. The molecule has 0 aliphatic heterocycles. The van der Waals surface area contributed by atoms with Gasteiger partial charge in [-0.25, -0.2) is 4.79 Å². The molecule has 0 saturated carbocycles. The summed E-state index contributed by atoms with van der Waals surface area (Å²) in [5.41, 5.74) is 10.0. The Morgan fingerprint density at radius 1 is 1.25 bits per heavy atom. The molecule has 0 spiro atoms. The molecule has 0 aliphatic rings. The average Bonchev–Trinajstić information content (AvgIpc) is 2.73. The van der Waals surface area contributed by atoms with Gasteiger partial charge in [0.2, 0.25) is 0 Å². The maximum absolute atomic E-state index is 11.2. The molecule has 0 unspecified atom stereocenters. The molecular formula is C14H12ClN3O2. The zero-order valence-corrected chi connectivity index (χ0v) is 11.4. The number of aromatic nitrogens is 1. The molecule has 6 heteroatoms. The smallest absolute Gasteiger partial charge is 0.408 e. The number of benzene rings is 2. The summed E-state index contributed by atoms with van der Waals surface area (Å²) in [5.74, 6) is -0.504. The van der Waals surface area contributed by atoms with E-state index in [0.29, 0.717) is 27.5 Å². The van der Waals surface area contributed by atoms with Gasteiger partial charge in [-0.2, -0.15) is 0 Å². The van der Waals surface area contributed by atoms with Crippen molar-refractivity contribution in [2.75, 3.05) is 11.1 Å². The predicted octanol–water partition coefficient (Wildman–Crippen LogP) is 3.41. The van der Waals surface area contributed by atoms with E-state index >= 15 is 0 Å². The SMILES string of the molecule is Cc1ccc(Cl)cc1Nc1cc2[nH]c(=O)oc2cc1N. The van der Waals surface area contributed by atoms with Gasteiger partial charge in [-0.3, -0.25) is 4.98 Å². The lowest BCUT2D eigenvalue weighted by atomic mass is 10.2. The number of oxazole rings is 1. The van der Waals surface area contributed by atoms with Crippen molar-refractivity contribution in [3.8, 4) is 0 Å². The van der Waals surface area contributed by atoms with E-state index in [0.717, 1.165) is 11.3 Å². The van der Waals surface area contributed by atoms with Crippen LogP contribution in [-0.2, 0) is 0 Å². The van der Waals surface area contributed by atoms with Crippen LogP contribution >= 0.6 is 11.6 Å². The number of nitrogens with two attached hydrogens (primary N) is 1. The average molecular weight is 290 g/mol. The lowest BCUT2D eigenvalue weighted by Gasteiger charge is -2.12. The Labute approximate surface area is 119 Å². The van der Waals surface area contributed by atoms with Gasteiger partial charge in [-0.05, 0) is 30.7 Å². The number of nitrogen functional groups attached to an aromatic ring is 1. The molecule has 0 amide bonds. The van der Waals surface area contributed by atoms with E-state index in [4.69, 9.17) is 21.8 Å². The summed E-state index contributed by atoms with van der Waals surface area (Å²) in [6, 6.07) is 8.89. The number of halogens is 1. The van der Waals surface area contributed by atoms with E-state index in [9.17, 15) is 4.79 Å². The molecule has 0 atom stereocenters. The minimum Gasteiger partial charge on any atom is -0.408 e. The standard InChI is InChI=1S/C14H12ClN3O2/c1-7-2-3-8(15)4-10(7)17-11-6-12-13(5-9(11)16)20-14(19)18-12/h2-6,17H,16H2,1H3,(H,18,19). The number of aromatic amines is 1. The van der Waals surface area contributed by atoms with Crippen molar-refractivity contribution in [3.63, 3.8) is 0 Å². The van der Waals surface area contributed by atoms with Crippen molar-refractivity contribution in [3.05, 3.63) is 51.5 Å². The molecule has 3 aromatic rings. The number of hydrogen-bond acceptors (Lipinski definition) is 4. The zero-order chi connectivity index (χ0) is 14.3. The highest BCUT2D eigenvalue weighted by Crippen LogP contribution is 2.30. The molecule has 1 aromatic heterocycles. The van der Waals surface area contributed by atoms with Crippen molar-refractivity contribution < 1.29 is 4.42 Å². The Balaban J connectivity index is 2.07. The van der Waals surface area contributed by atoms with Gasteiger partial charge < -0.3 is 15.5 Å². The minimum atomic E-state index is -0.504. The van der Waals surface area contributed by atoms with E-state index in [1.807, 2.05) is 25.1 Å². The summed E-state index contributed by atoms with van der Waals surface area (Å²) >= 11 is 5.99. The first-order valence-electron chi connectivity index (χ1n) is 5.98. The van der Waals surface area contributed by atoms with Gasteiger partial charge in [-0.1, -0.05) is 17.7 Å². The topological polar surface area (TPSA) is 84.0 Å². The summed E-state index contributed by atoms with van der Waals surface area (Å²) in [6.07, 6.45) is 0. The Morgan fingerprint density at radius 3 is 2.85 bits per heavy atom. The third kappa shape index (κ3) is 2.23. The Bertz CT molecular complexity index is 851. The number of rotatable bonds is 2. The summed E-state index contributed by atoms with van der Waals surface area (Å²) < 4.78 is 4.96. The molecular weight excluding hydrogens is 278 g/mol. The number of nitrogens with one attached hydrogen (secondary N) is 2. The number of hydrogen-bond donors (Lipinski definition) is 3. The quantitative estimate of drug-likeness (QED) is 0.631. The van der Waals surface area contributed by atoms with Gasteiger partial charge in [0.25, 0.3) is 0 Å². The lowest BCUT2D eigenvalue weighted by Crippen LogP contribution is -1.98. The van der Waals surface area contributed by atoms with Crippen LogP contribution in [0.3, 0.4) is 0 Å². The van der Waals surface area contributed by atoms with E-state index in [1.165, 1.54) is 0 Å². The Morgan fingerprint density at radius 2 is 2.05 bits per heavy atom. The van der Waals surface area contributed by atoms with E-state index in [-0.39, 0.29) is 0 Å². The second kappa shape index (κ2) is 4.61. The van der Waals surface area contributed by atoms with Crippen LogP contribution in [0.4, 0.5) is 17.1 Å². The summed E-state index contributed by atoms with van der Waals surface area (Å²) in [7, 11) is 0. The van der Waals surface area contributed by atoms with Crippen LogP contribution in [0, 0.1) is 6.92 Å². The van der Waals surface area contributed by atoms with Crippen molar-refractivity contribution in [1.29, 1.82) is 0 Å². The number of anilines is 3. The normalized spacial score (nSPS) is 10.9. The Hall–Kier alpha value is -2.40. The third-order valence-electron chi connectivity index (χ3n) is 3.06. The largest absolute Gasteiger partial charge is 0.417 e. The zero-order valence-electron chi connectivity index (χ0n) is 10.7. The molecule has 4 N–H and O–H groups in total. The third-order valence-corrected chi connectivity index (χ3v) is 3.30. The van der Waals surface area contributed by atoms with Crippen LogP contribution in [-0.4, -0.2) is 4.98 Å². The van der Waals surface area contributed by atoms with Crippen molar-refractivity contribution >= 4 is 39.8 Å². The van der Waals surface area contributed by atoms with Crippen molar-refractivity contribution in [2.24, 2.45) is 0 Å². The molecule has 0 aliphatic carbocycles. The molecule has 102 valence electrons. The van der Waals surface area contributed by atoms with Crippen molar-refractivity contribution in [2.45, 2.75) is 6.92 Å². The fourth-order valence-corrected chi connectivity index (χ4v) is 2.17. The summed E-state index contributed by atoms with van der Waals surface area (Å²) in [5, 5.41) is 3.84. The Kier molecular flexibility index (Phi) is 2.91.